The van der Waals surface area contributed by atoms with E-state index in [0.29, 0.717) is 34.3 Å². The van der Waals surface area contributed by atoms with Crippen molar-refractivity contribution in [1.29, 1.82) is 0 Å². The van der Waals surface area contributed by atoms with E-state index in [4.69, 9.17) is 4.42 Å². The number of hydrogen-bond acceptors (Lipinski definition) is 3. The highest BCUT2D eigenvalue weighted by atomic mass is 16.4. The number of carboxylic acids is 1. The van der Waals surface area contributed by atoms with Crippen molar-refractivity contribution in [3.8, 4) is 0 Å². The molecule has 1 aliphatic rings. The molecule has 4 heteroatoms. The van der Waals surface area contributed by atoms with Crippen molar-refractivity contribution in [3.63, 3.8) is 0 Å². The van der Waals surface area contributed by atoms with Crippen LogP contribution in [0, 0.1) is 5.41 Å². The van der Waals surface area contributed by atoms with Crippen LogP contribution in [0.15, 0.2) is 28.7 Å². The number of likely N-dealkylation sites (tertiary alicyclic amines) is 1. The van der Waals surface area contributed by atoms with Crippen LogP contribution in [0.2, 0.25) is 0 Å². The zero-order chi connectivity index (χ0) is 14.3. The smallest absolute Gasteiger partial charge is 0.339 e. The van der Waals surface area contributed by atoms with E-state index in [2.05, 4.69) is 18.7 Å². The number of fused-ring (bicyclic) bond motifs is 1. The molecule has 0 atom stereocenters. The highest BCUT2D eigenvalue weighted by Gasteiger charge is 2.31. The first-order valence-corrected chi connectivity index (χ1v) is 6.92. The molecule has 1 aliphatic heterocycles. The molecule has 4 nitrogen and oxygen atoms in total. The number of aromatic carboxylic acids is 1. The summed E-state index contributed by atoms with van der Waals surface area (Å²) in [5.41, 5.74) is 1.26. The van der Waals surface area contributed by atoms with E-state index in [-0.39, 0.29) is 0 Å². The number of furan rings is 1. The Morgan fingerprint density at radius 1 is 1.40 bits per heavy atom. The maximum atomic E-state index is 11.5. The number of hydrogen-bond donors (Lipinski definition) is 1. The van der Waals surface area contributed by atoms with E-state index in [9.17, 15) is 9.90 Å². The quantitative estimate of drug-likeness (QED) is 0.931. The molecule has 0 amide bonds. The van der Waals surface area contributed by atoms with Gasteiger partial charge < -0.3 is 9.52 Å². The fraction of sp³-hybridized carbons (Fsp3) is 0.438. The molecule has 3 rings (SSSR count). The van der Waals surface area contributed by atoms with E-state index in [1.165, 1.54) is 0 Å². The van der Waals surface area contributed by atoms with Gasteiger partial charge in [-0.05, 0) is 24.4 Å². The fourth-order valence-corrected chi connectivity index (χ4v) is 3.00. The van der Waals surface area contributed by atoms with Gasteiger partial charge in [0.1, 0.15) is 16.9 Å². The van der Waals surface area contributed by atoms with Crippen LogP contribution in [0.3, 0.4) is 0 Å². The maximum Gasteiger partial charge on any atom is 0.339 e. The molecule has 1 aromatic heterocycles. The van der Waals surface area contributed by atoms with Gasteiger partial charge in [0, 0.05) is 11.9 Å². The Labute approximate surface area is 118 Å². The van der Waals surface area contributed by atoms with Gasteiger partial charge in [0.05, 0.1) is 6.54 Å². The summed E-state index contributed by atoms with van der Waals surface area (Å²) >= 11 is 0. The number of nitrogens with zero attached hydrogens (tertiary/aromatic N) is 1. The molecule has 20 heavy (non-hydrogen) atoms. The van der Waals surface area contributed by atoms with Gasteiger partial charge >= 0.3 is 5.97 Å². The standard InChI is InChI=1S/C16H19NO3/c1-16(2)7-8-17(10-16)9-13-14(15(18)19)11-5-3-4-6-12(11)20-13/h3-6H,7-10H2,1-2H3,(H,18,19). The van der Waals surface area contributed by atoms with Crippen LogP contribution in [0.1, 0.15) is 36.4 Å². The van der Waals surface area contributed by atoms with Crippen LogP contribution < -0.4 is 0 Å². The Bertz CT molecular complexity index is 657. The molecule has 2 heterocycles. The first-order chi connectivity index (χ1) is 9.46. The van der Waals surface area contributed by atoms with Gasteiger partial charge in [0.15, 0.2) is 0 Å². The lowest BCUT2D eigenvalue weighted by Crippen LogP contribution is -2.23. The van der Waals surface area contributed by atoms with Gasteiger partial charge in [-0.15, -0.1) is 0 Å². The van der Waals surface area contributed by atoms with Crippen LogP contribution in [-0.2, 0) is 6.54 Å². The maximum absolute atomic E-state index is 11.5. The number of carbonyl (C=O) groups is 1. The third kappa shape index (κ3) is 2.31. The average molecular weight is 273 g/mol. The Morgan fingerprint density at radius 2 is 2.15 bits per heavy atom. The van der Waals surface area contributed by atoms with Crippen molar-refractivity contribution in [2.45, 2.75) is 26.8 Å². The minimum Gasteiger partial charge on any atom is -0.478 e. The second-order valence-electron chi connectivity index (χ2n) is 6.33. The summed E-state index contributed by atoms with van der Waals surface area (Å²) in [6.45, 7) is 7.01. The largest absolute Gasteiger partial charge is 0.478 e. The van der Waals surface area contributed by atoms with E-state index >= 15 is 0 Å². The topological polar surface area (TPSA) is 53.7 Å². The van der Waals surface area contributed by atoms with Gasteiger partial charge in [0.2, 0.25) is 0 Å². The third-order valence-electron chi connectivity index (χ3n) is 4.01. The highest BCUT2D eigenvalue weighted by Crippen LogP contribution is 2.32. The van der Waals surface area contributed by atoms with Gasteiger partial charge in [-0.2, -0.15) is 0 Å². The SMILES string of the molecule is CC1(C)CCN(Cc2oc3ccccc3c2C(=O)O)C1. The summed E-state index contributed by atoms with van der Waals surface area (Å²) in [5.74, 6) is -0.347. The van der Waals surface area contributed by atoms with Gasteiger partial charge in [0.25, 0.3) is 0 Å². The normalized spacial score (nSPS) is 18.7. The Kier molecular flexibility index (Phi) is 3.05. The first kappa shape index (κ1) is 13.2. The predicted molar refractivity (Wildman–Crippen MR) is 76.8 cm³/mol. The van der Waals surface area contributed by atoms with E-state index < -0.39 is 5.97 Å². The van der Waals surface area contributed by atoms with E-state index in [0.717, 1.165) is 19.5 Å². The zero-order valence-electron chi connectivity index (χ0n) is 11.8. The molecule has 1 fully saturated rings. The molecule has 106 valence electrons. The molecule has 0 saturated carbocycles. The summed E-state index contributed by atoms with van der Waals surface area (Å²) < 4.78 is 5.77. The fourth-order valence-electron chi connectivity index (χ4n) is 3.00. The van der Waals surface area contributed by atoms with E-state index in [1.54, 1.807) is 6.07 Å². The molecule has 0 radical (unpaired) electrons. The molecule has 0 aliphatic carbocycles. The molecular formula is C16H19NO3. The number of para-hydroxylation sites is 1. The molecule has 0 unspecified atom stereocenters. The van der Waals surface area contributed by atoms with Crippen LogP contribution in [-0.4, -0.2) is 29.1 Å². The molecule has 0 spiro atoms. The highest BCUT2D eigenvalue weighted by molar-refractivity contribution is 6.03. The Balaban J connectivity index is 1.95. The van der Waals surface area contributed by atoms with Crippen LogP contribution in [0.25, 0.3) is 11.0 Å². The van der Waals surface area contributed by atoms with Gasteiger partial charge in [-0.25, -0.2) is 4.79 Å². The first-order valence-electron chi connectivity index (χ1n) is 6.92. The second-order valence-corrected chi connectivity index (χ2v) is 6.33. The Morgan fingerprint density at radius 3 is 2.80 bits per heavy atom. The lowest BCUT2D eigenvalue weighted by atomic mass is 9.93. The van der Waals surface area contributed by atoms with Crippen LogP contribution in [0.5, 0.6) is 0 Å². The zero-order valence-corrected chi connectivity index (χ0v) is 11.8. The summed E-state index contributed by atoms with van der Waals surface area (Å²) in [6.07, 6.45) is 1.13. The molecule has 2 aromatic rings. The van der Waals surface area contributed by atoms with Crippen molar-refractivity contribution in [1.82, 2.24) is 4.90 Å². The molecular weight excluding hydrogens is 254 g/mol. The van der Waals surface area contributed by atoms with Crippen molar-refractivity contribution >= 4 is 16.9 Å². The number of carboxylic acid groups (broad SMARTS) is 1. The third-order valence-corrected chi connectivity index (χ3v) is 4.01. The van der Waals surface area contributed by atoms with Crippen molar-refractivity contribution in [2.24, 2.45) is 5.41 Å². The molecule has 1 saturated heterocycles. The van der Waals surface area contributed by atoms with Crippen LogP contribution >= 0.6 is 0 Å². The summed E-state index contributed by atoms with van der Waals surface area (Å²) in [7, 11) is 0. The molecule has 0 bridgehead atoms. The Hall–Kier alpha value is -1.81. The van der Waals surface area contributed by atoms with Crippen molar-refractivity contribution in [3.05, 3.63) is 35.6 Å². The van der Waals surface area contributed by atoms with Crippen LogP contribution in [0.4, 0.5) is 0 Å². The van der Waals surface area contributed by atoms with Gasteiger partial charge in [-0.1, -0.05) is 32.0 Å². The second kappa shape index (κ2) is 4.63. The van der Waals surface area contributed by atoms with Crippen molar-refractivity contribution in [2.75, 3.05) is 13.1 Å². The minimum absolute atomic E-state index is 0.301. The summed E-state index contributed by atoms with van der Waals surface area (Å²) in [5, 5.41) is 10.1. The van der Waals surface area contributed by atoms with Gasteiger partial charge in [-0.3, -0.25) is 4.90 Å². The lowest BCUT2D eigenvalue weighted by molar-refractivity contribution is 0.0694. The predicted octanol–water partition coefficient (Wildman–Crippen LogP) is 3.36. The monoisotopic (exact) mass is 273 g/mol. The van der Waals surface area contributed by atoms with Crippen molar-refractivity contribution < 1.29 is 14.3 Å². The molecule has 1 aromatic carbocycles. The summed E-state index contributed by atoms with van der Waals surface area (Å²) in [4.78, 5) is 13.8. The number of benzene rings is 1. The number of rotatable bonds is 3. The average Bonchev–Trinajstić information content (AvgIpc) is 2.89. The van der Waals surface area contributed by atoms with E-state index in [1.807, 2.05) is 18.2 Å². The molecule has 1 N–H and O–H groups in total. The summed E-state index contributed by atoms with van der Waals surface area (Å²) in [6, 6.07) is 7.33. The minimum atomic E-state index is -0.914. The lowest BCUT2D eigenvalue weighted by Gasteiger charge is -2.18.